The Kier molecular flexibility index (Phi) is 3.54. The van der Waals surface area contributed by atoms with Gasteiger partial charge in [-0.3, -0.25) is 9.20 Å². The van der Waals surface area contributed by atoms with Crippen molar-refractivity contribution in [2.45, 2.75) is 25.3 Å². The maximum atomic E-state index is 12.7. The van der Waals surface area contributed by atoms with Crippen LogP contribution in [-0.2, 0) is 0 Å². The number of fused-ring (bicyclic) bond motifs is 1. The molecule has 5 nitrogen and oxygen atoms in total. The van der Waals surface area contributed by atoms with Crippen LogP contribution < -0.4 is 5.32 Å². The summed E-state index contributed by atoms with van der Waals surface area (Å²) in [5.74, 6) is 0.473. The number of hydrogen-bond acceptors (Lipinski definition) is 3. The van der Waals surface area contributed by atoms with Crippen LogP contribution in [0.2, 0.25) is 0 Å². The Balaban J connectivity index is 1.59. The van der Waals surface area contributed by atoms with Gasteiger partial charge in [-0.15, -0.1) is 10.2 Å². The van der Waals surface area contributed by atoms with Crippen LogP contribution in [0.1, 0.15) is 41.2 Å². The van der Waals surface area contributed by atoms with Gasteiger partial charge in [0, 0.05) is 6.20 Å². The maximum absolute atomic E-state index is 12.7. The first-order chi connectivity index (χ1) is 11.3. The van der Waals surface area contributed by atoms with E-state index in [1.165, 1.54) is 24.8 Å². The van der Waals surface area contributed by atoms with E-state index in [2.05, 4.69) is 27.6 Å². The van der Waals surface area contributed by atoms with Gasteiger partial charge in [-0.1, -0.05) is 36.8 Å². The van der Waals surface area contributed by atoms with E-state index in [0.717, 1.165) is 5.65 Å². The number of rotatable bonds is 4. The molecule has 0 bridgehead atoms. The zero-order chi connectivity index (χ0) is 15.6. The van der Waals surface area contributed by atoms with Crippen LogP contribution >= 0.6 is 0 Å². The summed E-state index contributed by atoms with van der Waals surface area (Å²) in [6, 6.07) is 13.9. The van der Waals surface area contributed by atoms with E-state index in [0.29, 0.717) is 11.5 Å². The molecule has 1 fully saturated rings. The van der Waals surface area contributed by atoms with Crippen LogP contribution in [0.15, 0.2) is 55.0 Å². The van der Waals surface area contributed by atoms with Crippen LogP contribution in [0.25, 0.3) is 5.65 Å². The lowest BCUT2D eigenvalue weighted by molar-refractivity contribution is 0.0900. The lowest BCUT2D eigenvalue weighted by Crippen LogP contribution is -2.36. The second kappa shape index (κ2) is 5.83. The summed E-state index contributed by atoms with van der Waals surface area (Å²) in [5, 5.41) is 11.0. The van der Waals surface area contributed by atoms with Gasteiger partial charge in [0.1, 0.15) is 6.33 Å². The predicted octanol–water partition coefficient (Wildman–Crippen LogP) is 3.00. The molecule has 2 aromatic heterocycles. The zero-order valence-electron chi connectivity index (χ0n) is 12.7. The fourth-order valence-corrected chi connectivity index (χ4v) is 3.09. The zero-order valence-corrected chi connectivity index (χ0v) is 12.7. The summed E-state index contributed by atoms with van der Waals surface area (Å²) in [4.78, 5) is 12.7. The first kappa shape index (κ1) is 13.9. The summed E-state index contributed by atoms with van der Waals surface area (Å²) in [7, 11) is 0. The van der Waals surface area contributed by atoms with E-state index >= 15 is 0 Å². The molecule has 1 aliphatic rings. The van der Waals surface area contributed by atoms with Crippen molar-refractivity contribution in [1.29, 1.82) is 0 Å². The van der Waals surface area contributed by atoms with E-state index < -0.39 is 0 Å². The largest absolute Gasteiger partial charge is 0.345 e. The molecule has 1 aliphatic carbocycles. The maximum Gasteiger partial charge on any atom is 0.253 e. The number of nitrogens with one attached hydrogen (secondary N) is 1. The van der Waals surface area contributed by atoms with Gasteiger partial charge >= 0.3 is 0 Å². The number of carbonyl (C=O) groups is 1. The van der Waals surface area contributed by atoms with Gasteiger partial charge in [-0.05, 0) is 36.5 Å². The Morgan fingerprint density at radius 1 is 1.17 bits per heavy atom. The number of aromatic nitrogens is 3. The van der Waals surface area contributed by atoms with Crippen LogP contribution in [0.5, 0.6) is 0 Å². The number of hydrogen-bond donors (Lipinski definition) is 1. The second-order valence-corrected chi connectivity index (χ2v) is 6.07. The topological polar surface area (TPSA) is 59.3 Å². The summed E-state index contributed by atoms with van der Waals surface area (Å²) >= 11 is 0. The van der Waals surface area contributed by atoms with Gasteiger partial charge in [0.2, 0.25) is 0 Å². The molecule has 5 heteroatoms. The minimum Gasteiger partial charge on any atom is -0.345 e. The summed E-state index contributed by atoms with van der Waals surface area (Å²) in [6.45, 7) is 0. The quantitative estimate of drug-likeness (QED) is 0.806. The van der Waals surface area contributed by atoms with Crippen LogP contribution in [0.3, 0.4) is 0 Å². The first-order valence-corrected chi connectivity index (χ1v) is 7.96. The highest BCUT2D eigenvalue weighted by molar-refractivity contribution is 5.94. The van der Waals surface area contributed by atoms with E-state index in [9.17, 15) is 4.79 Å². The highest BCUT2D eigenvalue weighted by Gasteiger charge is 2.29. The van der Waals surface area contributed by atoms with Gasteiger partial charge in [0.15, 0.2) is 5.65 Å². The molecule has 1 saturated carbocycles. The van der Waals surface area contributed by atoms with E-state index in [4.69, 9.17) is 0 Å². The Morgan fingerprint density at radius 3 is 2.74 bits per heavy atom. The smallest absolute Gasteiger partial charge is 0.253 e. The average Bonchev–Trinajstić information content (AvgIpc) is 3.01. The Morgan fingerprint density at radius 2 is 2.00 bits per heavy atom. The molecule has 23 heavy (non-hydrogen) atoms. The Hall–Kier alpha value is -2.69. The van der Waals surface area contributed by atoms with Crippen LogP contribution in [0, 0.1) is 5.92 Å². The molecule has 0 saturated heterocycles. The molecular formula is C18H18N4O. The third-order valence-corrected chi connectivity index (χ3v) is 4.62. The van der Waals surface area contributed by atoms with Gasteiger partial charge in [-0.2, -0.15) is 0 Å². The van der Waals surface area contributed by atoms with Crippen molar-refractivity contribution in [3.8, 4) is 0 Å². The van der Waals surface area contributed by atoms with Crippen molar-refractivity contribution in [3.05, 3.63) is 66.1 Å². The molecule has 1 atom stereocenters. The number of carbonyl (C=O) groups excluding carboxylic acids is 1. The molecule has 1 aromatic carbocycles. The second-order valence-electron chi connectivity index (χ2n) is 6.07. The lowest BCUT2D eigenvalue weighted by atomic mass is 9.77. The third kappa shape index (κ3) is 2.70. The molecule has 2 heterocycles. The molecule has 3 aromatic rings. The summed E-state index contributed by atoms with van der Waals surface area (Å²) in [6.07, 6.45) is 6.96. The summed E-state index contributed by atoms with van der Waals surface area (Å²) in [5.41, 5.74) is 2.54. The van der Waals surface area contributed by atoms with E-state index in [1.54, 1.807) is 23.0 Å². The van der Waals surface area contributed by atoms with Gasteiger partial charge in [0.05, 0.1) is 11.6 Å². The molecule has 4 rings (SSSR count). The van der Waals surface area contributed by atoms with Gasteiger partial charge in [-0.25, -0.2) is 0 Å². The van der Waals surface area contributed by atoms with Gasteiger partial charge in [0.25, 0.3) is 5.91 Å². The van der Waals surface area contributed by atoms with Crippen molar-refractivity contribution in [3.63, 3.8) is 0 Å². The predicted molar refractivity (Wildman–Crippen MR) is 87.0 cm³/mol. The fourth-order valence-electron chi connectivity index (χ4n) is 3.09. The molecular weight excluding hydrogens is 288 g/mol. The van der Waals surface area contributed by atoms with Crippen molar-refractivity contribution in [2.24, 2.45) is 5.92 Å². The van der Waals surface area contributed by atoms with Crippen molar-refractivity contribution >= 4 is 11.6 Å². The molecule has 0 radical (unpaired) electrons. The Labute approximate surface area is 134 Å². The van der Waals surface area contributed by atoms with Crippen molar-refractivity contribution in [1.82, 2.24) is 19.9 Å². The first-order valence-electron chi connectivity index (χ1n) is 7.96. The van der Waals surface area contributed by atoms with E-state index in [-0.39, 0.29) is 11.9 Å². The number of benzene rings is 1. The normalized spacial score (nSPS) is 16.0. The SMILES string of the molecule is O=C(N[C@H](c1ccccc1)C1CCC1)c1ccc2nncn2c1. The molecule has 0 aliphatic heterocycles. The molecule has 0 spiro atoms. The minimum atomic E-state index is -0.0543. The van der Waals surface area contributed by atoms with Crippen molar-refractivity contribution < 1.29 is 4.79 Å². The number of pyridine rings is 1. The Bertz CT molecular complexity index is 823. The summed E-state index contributed by atoms with van der Waals surface area (Å²) < 4.78 is 1.76. The molecule has 116 valence electrons. The monoisotopic (exact) mass is 306 g/mol. The minimum absolute atomic E-state index is 0.0543. The lowest BCUT2D eigenvalue weighted by Gasteiger charge is -2.34. The van der Waals surface area contributed by atoms with Crippen molar-refractivity contribution in [2.75, 3.05) is 0 Å². The van der Waals surface area contributed by atoms with Gasteiger partial charge < -0.3 is 5.32 Å². The number of amides is 1. The molecule has 1 N–H and O–H groups in total. The third-order valence-electron chi connectivity index (χ3n) is 4.62. The standard InChI is InChI=1S/C18H18N4O/c23-18(15-9-10-16-21-19-12-22(16)11-15)20-17(14-7-4-8-14)13-5-2-1-3-6-13/h1-3,5-6,9-12,14,17H,4,7-8H2,(H,20,23)/t17-/m1/s1. The van der Waals surface area contributed by atoms with Crippen LogP contribution in [-0.4, -0.2) is 20.5 Å². The molecule has 1 amide bonds. The molecule has 0 unspecified atom stereocenters. The average molecular weight is 306 g/mol. The number of nitrogens with zero attached hydrogens (tertiary/aromatic N) is 3. The van der Waals surface area contributed by atoms with E-state index in [1.807, 2.05) is 24.3 Å². The van der Waals surface area contributed by atoms with Crippen LogP contribution in [0.4, 0.5) is 0 Å². The highest BCUT2D eigenvalue weighted by Crippen LogP contribution is 2.37. The fraction of sp³-hybridized carbons (Fsp3) is 0.278. The highest BCUT2D eigenvalue weighted by atomic mass is 16.1.